The van der Waals surface area contributed by atoms with Crippen LogP contribution in [0.25, 0.3) is 0 Å². The molecule has 2 unspecified atom stereocenters. The fourth-order valence-corrected chi connectivity index (χ4v) is 2.21. The number of nitrogens with one attached hydrogen (secondary N) is 1. The van der Waals surface area contributed by atoms with Gasteiger partial charge in [-0.15, -0.1) is 0 Å². The number of ether oxygens (including phenoxy) is 1. The minimum Gasteiger partial charge on any atom is -0.387 e. The number of aliphatic hydroxyl groups excluding tert-OH is 1. The van der Waals surface area contributed by atoms with Crippen molar-refractivity contribution in [2.24, 2.45) is 5.92 Å². The van der Waals surface area contributed by atoms with Crippen LogP contribution in [-0.2, 0) is 4.74 Å². The van der Waals surface area contributed by atoms with Gasteiger partial charge in [0, 0.05) is 23.9 Å². The molecule has 3 nitrogen and oxygen atoms in total. The van der Waals surface area contributed by atoms with Crippen LogP contribution < -0.4 is 0 Å². The third-order valence-corrected chi connectivity index (χ3v) is 3.56. The molecular weight excluding hydrogens is 190 g/mol. The molecule has 2 heterocycles. The third-order valence-electron chi connectivity index (χ3n) is 3.56. The van der Waals surface area contributed by atoms with E-state index in [0.717, 1.165) is 24.4 Å². The fourth-order valence-electron chi connectivity index (χ4n) is 2.21. The molecule has 2 N–H and O–H groups in total. The van der Waals surface area contributed by atoms with Crippen LogP contribution in [0, 0.1) is 26.7 Å². The zero-order chi connectivity index (χ0) is 11.0. The van der Waals surface area contributed by atoms with E-state index < -0.39 is 6.10 Å². The number of rotatable bonds is 2. The zero-order valence-electron chi connectivity index (χ0n) is 9.63. The van der Waals surface area contributed by atoms with Crippen LogP contribution in [0.15, 0.2) is 0 Å². The van der Waals surface area contributed by atoms with Gasteiger partial charge in [-0.2, -0.15) is 0 Å². The van der Waals surface area contributed by atoms with Gasteiger partial charge in [-0.1, -0.05) is 0 Å². The number of H-pyrrole nitrogens is 1. The first-order valence-corrected chi connectivity index (χ1v) is 5.52. The van der Waals surface area contributed by atoms with E-state index in [1.165, 1.54) is 11.1 Å². The zero-order valence-corrected chi connectivity index (χ0v) is 9.63. The number of aromatic nitrogens is 1. The van der Waals surface area contributed by atoms with E-state index in [4.69, 9.17) is 4.74 Å². The number of aryl methyl sites for hydroxylation is 1. The van der Waals surface area contributed by atoms with Crippen LogP contribution in [0.5, 0.6) is 0 Å². The monoisotopic (exact) mass is 209 g/mol. The van der Waals surface area contributed by atoms with E-state index in [2.05, 4.69) is 18.8 Å². The first-order chi connectivity index (χ1) is 7.11. The Labute approximate surface area is 90.5 Å². The van der Waals surface area contributed by atoms with Crippen molar-refractivity contribution in [1.29, 1.82) is 0 Å². The molecule has 0 aromatic carbocycles. The largest absolute Gasteiger partial charge is 0.387 e. The topological polar surface area (TPSA) is 45.2 Å². The highest BCUT2D eigenvalue weighted by molar-refractivity contribution is 5.35. The highest BCUT2D eigenvalue weighted by Gasteiger charge is 2.27. The predicted molar refractivity (Wildman–Crippen MR) is 58.9 cm³/mol. The molecule has 0 spiro atoms. The number of hydrogen-bond donors (Lipinski definition) is 2. The van der Waals surface area contributed by atoms with Crippen LogP contribution in [0.1, 0.15) is 35.0 Å². The molecule has 1 aliphatic heterocycles. The van der Waals surface area contributed by atoms with E-state index >= 15 is 0 Å². The molecule has 0 aliphatic carbocycles. The van der Waals surface area contributed by atoms with Gasteiger partial charge in [-0.3, -0.25) is 0 Å². The highest BCUT2D eigenvalue weighted by atomic mass is 16.5. The maximum absolute atomic E-state index is 10.2. The summed E-state index contributed by atoms with van der Waals surface area (Å²) in [6.45, 7) is 7.65. The van der Waals surface area contributed by atoms with Gasteiger partial charge in [0.15, 0.2) is 0 Å². The van der Waals surface area contributed by atoms with E-state index in [9.17, 15) is 5.11 Å². The average molecular weight is 209 g/mol. The van der Waals surface area contributed by atoms with E-state index in [0.29, 0.717) is 6.61 Å². The maximum Gasteiger partial charge on any atom is 0.0991 e. The molecule has 84 valence electrons. The van der Waals surface area contributed by atoms with Crippen LogP contribution in [0.4, 0.5) is 0 Å². The second-order valence-electron chi connectivity index (χ2n) is 4.48. The molecule has 2 rings (SSSR count). The average Bonchev–Trinajstić information content (AvgIpc) is 2.82. The Bertz CT molecular complexity index is 351. The summed E-state index contributed by atoms with van der Waals surface area (Å²) in [4.78, 5) is 3.28. The summed E-state index contributed by atoms with van der Waals surface area (Å²) < 4.78 is 5.30. The Morgan fingerprint density at radius 1 is 1.33 bits per heavy atom. The van der Waals surface area contributed by atoms with Gasteiger partial charge in [-0.25, -0.2) is 0 Å². The van der Waals surface area contributed by atoms with Crippen molar-refractivity contribution in [3.8, 4) is 0 Å². The molecule has 0 amide bonds. The molecule has 2 atom stereocenters. The third kappa shape index (κ3) is 1.82. The number of hydrogen-bond acceptors (Lipinski definition) is 2. The normalized spacial score (nSPS) is 23.3. The molecule has 3 heteroatoms. The van der Waals surface area contributed by atoms with Gasteiger partial charge in [0.25, 0.3) is 0 Å². The summed E-state index contributed by atoms with van der Waals surface area (Å²) in [6, 6.07) is 0. The van der Waals surface area contributed by atoms with Crippen LogP contribution in [0.3, 0.4) is 0 Å². The van der Waals surface area contributed by atoms with Crippen molar-refractivity contribution in [1.82, 2.24) is 4.98 Å². The van der Waals surface area contributed by atoms with Crippen LogP contribution >= 0.6 is 0 Å². The summed E-state index contributed by atoms with van der Waals surface area (Å²) in [5.74, 6) is 0.251. The highest BCUT2D eigenvalue weighted by Crippen LogP contribution is 2.31. The van der Waals surface area contributed by atoms with Crippen LogP contribution in [0.2, 0.25) is 0 Å². The van der Waals surface area contributed by atoms with Gasteiger partial charge >= 0.3 is 0 Å². The molecule has 1 saturated heterocycles. The molecule has 0 radical (unpaired) electrons. The first kappa shape index (κ1) is 10.7. The summed E-state index contributed by atoms with van der Waals surface area (Å²) >= 11 is 0. The number of aliphatic hydroxyl groups is 1. The van der Waals surface area contributed by atoms with E-state index in [1.54, 1.807) is 0 Å². The second-order valence-corrected chi connectivity index (χ2v) is 4.48. The Hall–Kier alpha value is -0.800. The number of aromatic amines is 1. The SMILES string of the molecule is Cc1[nH]c(C(O)C2CCOC2)c(C)c1C. The molecule has 0 bridgehead atoms. The second kappa shape index (κ2) is 3.99. The summed E-state index contributed by atoms with van der Waals surface area (Å²) in [5, 5.41) is 10.2. The quantitative estimate of drug-likeness (QED) is 0.782. The smallest absolute Gasteiger partial charge is 0.0991 e. The predicted octanol–water partition coefficient (Wildman–Crippen LogP) is 2.01. The van der Waals surface area contributed by atoms with Crippen molar-refractivity contribution < 1.29 is 9.84 Å². The first-order valence-electron chi connectivity index (χ1n) is 5.52. The minimum atomic E-state index is -0.403. The summed E-state index contributed by atoms with van der Waals surface area (Å²) in [6.07, 6.45) is 0.553. The lowest BCUT2D eigenvalue weighted by Gasteiger charge is -2.16. The summed E-state index contributed by atoms with van der Waals surface area (Å²) in [7, 11) is 0. The standard InChI is InChI=1S/C12H19NO2/c1-7-8(2)11(13-9(7)3)12(14)10-4-5-15-6-10/h10,12-14H,4-6H2,1-3H3. The van der Waals surface area contributed by atoms with Gasteiger partial charge in [-0.05, 0) is 38.3 Å². The fraction of sp³-hybridized carbons (Fsp3) is 0.667. The van der Waals surface area contributed by atoms with Crippen molar-refractivity contribution >= 4 is 0 Å². The Balaban J connectivity index is 2.24. The Morgan fingerprint density at radius 3 is 2.53 bits per heavy atom. The molecule has 15 heavy (non-hydrogen) atoms. The van der Waals surface area contributed by atoms with E-state index in [-0.39, 0.29) is 5.92 Å². The van der Waals surface area contributed by atoms with Gasteiger partial charge in [0.1, 0.15) is 0 Å². The van der Waals surface area contributed by atoms with Crippen molar-refractivity contribution in [3.63, 3.8) is 0 Å². The minimum absolute atomic E-state index is 0.251. The maximum atomic E-state index is 10.2. The summed E-state index contributed by atoms with van der Waals surface area (Å²) in [5.41, 5.74) is 4.57. The Morgan fingerprint density at radius 2 is 2.07 bits per heavy atom. The molecule has 1 fully saturated rings. The molecule has 1 aromatic heterocycles. The molecule has 1 aromatic rings. The molecular formula is C12H19NO2. The Kier molecular flexibility index (Phi) is 2.85. The lowest BCUT2D eigenvalue weighted by atomic mass is 9.96. The lowest BCUT2D eigenvalue weighted by Crippen LogP contribution is -2.13. The van der Waals surface area contributed by atoms with E-state index in [1.807, 2.05) is 6.92 Å². The van der Waals surface area contributed by atoms with Crippen molar-refractivity contribution in [2.45, 2.75) is 33.3 Å². The van der Waals surface area contributed by atoms with Crippen LogP contribution in [-0.4, -0.2) is 23.3 Å². The van der Waals surface area contributed by atoms with Gasteiger partial charge in [0.2, 0.25) is 0 Å². The van der Waals surface area contributed by atoms with Crippen molar-refractivity contribution in [3.05, 3.63) is 22.5 Å². The van der Waals surface area contributed by atoms with Gasteiger partial charge < -0.3 is 14.8 Å². The molecule has 1 aliphatic rings. The van der Waals surface area contributed by atoms with Gasteiger partial charge in [0.05, 0.1) is 12.7 Å². The lowest BCUT2D eigenvalue weighted by molar-refractivity contribution is 0.0884. The molecule has 0 saturated carbocycles. The van der Waals surface area contributed by atoms with Crippen molar-refractivity contribution in [2.75, 3.05) is 13.2 Å².